The molecule has 1 heterocycles. The van der Waals surface area contributed by atoms with Gasteiger partial charge in [-0.05, 0) is 12.1 Å². The van der Waals surface area contributed by atoms with Crippen LogP contribution in [0.3, 0.4) is 0 Å². The zero-order chi connectivity index (χ0) is 13.1. The van der Waals surface area contributed by atoms with Crippen molar-refractivity contribution in [3.8, 4) is 11.5 Å². The number of aromatic nitrogens is 3. The molecular formula is C11H12N4O3. The molecule has 1 amide bonds. The fourth-order valence-electron chi connectivity index (χ4n) is 1.48. The van der Waals surface area contributed by atoms with Crippen molar-refractivity contribution in [2.45, 2.75) is 6.54 Å². The van der Waals surface area contributed by atoms with Crippen LogP contribution in [0.1, 0.15) is 16.2 Å². The number of amides is 1. The van der Waals surface area contributed by atoms with Crippen molar-refractivity contribution < 1.29 is 15.0 Å². The largest absolute Gasteiger partial charge is 0.507 e. The van der Waals surface area contributed by atoms with Gasteiger partial charge in [0.25, 0.3) is 5.91 Å². The number of carbonyl (C=O) groups is 1. The van der Waals surface area contributed by atoms with Gasteiger partial charge in [0.1, 0.15) is 23.4 Å². The van der Waals surface area contributed by atoms with Crippen LogP contribution in [0.15, 0.2) is 24.5 Å². The number of phenols is 2. The molecule has 0 saturated heterocycles. The summed E-state index contributed by atoms with van der Waals surface area (Å²) in [6, 6.07) is 4.11. The van der Waals surface area contributed by atoms with E-state index in [4.69, 9.17) is 0 Å². The zero-order valence-corrected chi connectivity index (χ0v) is 9.66. The third kappa shape index (κ3) is 2.24. The Morgan fingerprint density at radius 1 is 1.39 bits per heavy atom. The first kappa shape index (κ1) is 11.9. The highest BCUT2D eigenvalue weighted by Crippen LogP contribution is 2.25. The molecule has 0 aliphatic heterocycles. The van der Waals surface area contributed by atoms with Crippen LogP contribution in [0.2, 0.25) is 0 Å². The van der Waals surface area contributed by atoms with E-state index in [2.05, 4.69) is 15.5 Å². The first-order chi connectivity index (χ1) is 8.59. The van der Waals surface area contributed by atoms with Crippen molar-refractivity contribution in [3.05, 3.63) is 35.9 Å². The van der Waals surface area contributed by atoms with Gasteiger partial charge in [0.2, 0.25) is 0 Å². The smallest absolute Gasteiger partial charge is 0.259 e. The molecule has 94 valence electrons. The SMILES string of the molecule is Cn1cnnc1CNC(=O)c1c(O)cccc1O. The Labute approximate surface area is 103 Å². The summed E-state index contributed by atoms with van der Waals surface area (Å²) in [6.45, 7) is 0.156. The molecule has 0 unspecified atom stereocenters. The summed E-state index contributed by atoms with van der Waals surface area (Å²) >= 11 is 0. The lowest BCUT2D eigenvalue weighted by Crippen LogP contribution is -2.24. The molecule has 0 spiro atoms. The van der Waals surface area contributed by atoms with Gasteiger partial charge in [-0.2, -0.15) is 0 Å². The van der Waals surface area contributed by atoms with Gasteiger partial charge in [0.05, 0.1) is 6.54 Å². The maximum absolute atomic E-state index is 11.8. The Hall–Kier alpha value is -2.57. The Kier molecular flexibility index (Phi) is 3.13. The van der Waals surface area contributed by atoms with Crippen LogP contribution in [0.4, 0.5) is 0 Å². The molecule has 0 aliphatic carbocycles. The quantitative estimate of drug-likeness (QED) is 0.718. The molecule has 1 aromatic carbocycles. The minimum absolute atomic E-state index is 0.153. The third-order valence-corrected chi connectivity index (χ3v) is 2.46. The van der Waals surface area contributed by atoms with E-state index < -0.39 is 5.91 Å². The van der Waals surface area contributed by atoms with E-state index in [0.717, 1.165) is 0 Å². The Bertz CT molecular complexity index is 559. The number of benzene rings is 1. The average molecular weight is 248 g/mol. The van der Waals surface area contributed by atoms with Crippen molar-refractivity contribution in [2.75, 3.05) is 0 Å². The van der Waals surface area contributed by atoms with Crippen molar-refractivity contribution in [3.63, 3.8) is 0 Å². The predicted molar refractivity (Wildman–Crippen MR) is 61.9 cm³/mol. The Morgan fingerprint density at radius 3 is 2.61 bits per heavy atom. The molecule has 0 fully saturated rings. The van der Waals surface area contributed by atoms with Gasteiger partial charge in [-0.15, -0.1) is 10.2 Å². The number of rotatable bonds is 3. The van der Waals surface area contributed by atoms with Crippen molar-refractivity contribution in [1.29, 1.82) is 0 Å². The monoisotopic (exact) mass is 248 g/mol. The van der Waals surface area contributed by atoms with Crippen LogP contribution in [0.25, 0.3) is 0 Å². The van der Waals surface area contributed by atoms with Gasteiger partial charge < -0.3 is 20.1 Å². The number of aromatic hydroxyl groups is 2. The van der Waals surface area contributed by atoms with Crippen LogP contribution in [-0.2, 0) is 13.6 Å². The van der Waals surface area contributed by atoms with Crippen LogP contribution >= 0.6 is 0 Å². The van der Waals surface area contributed by atoms with Gasteiger partial charge in [-0.3, -0.25) is 4.79 Å². The number of carbonyl (C=O) groups excluding carboxylic acids is 1. The molecule has 3 N–H and O–H groups in total. The number of nitrogens with zero attached hydrogens (tertiary/aromatic N) is 3. The second-order valence-corrected chi connectivity index (χ2v) is 3.71. The maximum Gasteiger partial charge on any atom is 0.259 e. The predicted octanol–water partition coefficient (Wildman–Crippen LogP) is 0.156. The minimum atomic E-state index is -0.575. The van der Waals surface area contributed by atoms with E-state index in [1.165, 1.54) is 24.5 Å². The van der Waals surface area contributed by atoms with Crippen LogP contribution in [0.5, 0.6) is 11.5 Å². The number of hydrogen-bond acceptors (Lipinski definition) is 5. The molecule has 2 rings (SSSR count). The van der Waals surface area contributed by atoms with Gasteiger partial charge in [-0.1, -0.05) is 6.07 Å². The summed E-state index contributed by atoms with van der Waals surface area (Å²) in [5.74, 6) is -0.553. The van der Waals surface area contributed by atoms with E-state index in [9.17, 15) is 15.0 Å². The minimum Gasteiger partial charge on any atom is -0.507 e. The normalized spacial score (nSPS) is 10.3. The highest BCUT2D eigenvalue weighted by atomic mass is 16.3. The first-order valence-corrected chi connectivity index (χ1v) is 5.21. The number of hydrogen-bond donors (Lipinski definition) is 3. The standard InChI is InChI=1S/C11H12N4O3/c1-15-6-13-14-9(15)5-12-11(18)10-7(16)3-2-4-8(10)17/h2-4,6,16-17H,5H2,1H3,(H,12,18). The van der Waals surface area contributed by atoms with Gasteiger partial charge >= 0.3 is 0 Å². The lowest BCUT2D eigenvalue weighted by atomic mass is 10.1. The molecule has 0 bridgehead atoms. The highest BCUT2D eigenvalue weighted by molar-refractivity contribution is 5.99. The fraction of sp³-hybridized carbons (Fsp3) is 0.182. The van der Waals surface area contributed by atoms with Crippen molar-refractivity contribution >= 4 is 5.91 Å². The summed E-state index contributed by atoms with van der Waals surface area (Å²) in [5, 5.41) is 29.1. The van der Waals surface area contributed by atoms with Crippen LogP contribution < -0.4 is 5.32 Å². The number of nitrogens with one attached hydrogen (secondary N) is 1. The molecular weight excluding hydrogens is 236 g/mol. The molecule has 1 aromatic heterocycles. The van der Waals surface area contributed by atoms with E-state index in [1.807, 2.05) is 0 Å². The highest BCUT2D eigenvalue weighted by Gasteiger charge is 2.16. The lowest BCUT2D eigenvalue weighted by Gasteiger charge is -2.07. The molecule has 0 atom stereocenters. The van der Waals surface area contributed by atoms with Crippen molar-refractivity contribution in [1.82, 2.24) is 20.1 Å². The van der Waals surface area contributed by atoms with E-state index >= 15 is 0 Å². The Balaban J connectivity index is 2.11. The number of phenolic OH excluding ortho intramolecular Hbond substituents is 2. The second-order valence-electron chi connectivity index (χ2n) is 3.71. The van der Waals surface area contributed by atoms with Gasteiger partial charge in [0.15, 0.2) is 5.82 Å². The average Bonchev–Trinajstić information content (AvgIpc) is 2.72. The molecule has 7 heteroatoms. The molecule has 7 nitrogen and oxygen atoms in total. The molecule has 0 saturated carbocycles. The molecule has 0 radical (unpaired) electrons. The molecule has 0 aliphatic rings. The molecule has 2 aromatic rings. The van der Waals surface area contributed by atoms with E-state index in [-0.39, 0.29) is 23.6 Å². The van der Waals surface area contributed by atoms with Crippen molar-refractivity contribution in [2.24, 2.45) is 7.05 Å². The first-order valence-electron chi connectivity index (χ1n) is 5.21. The summed E-state index contributed by atoms with van der Waals surface area (Å²) in [7, 11) is 1.75. The van der Waals surface area contributed by atoms with Gasteiger partial charge in [-0.25, -0.2) is 0 Å². The number of aryl methyl sites for hydroxylation is 1. The molecule has 18 heavy (non-hydrogen) atoms. The fourth-order valence-corrected chi connectivity index (χ4v) is 1.48. The van der Waals surface area contributed by atoms with E-state index in [1.54, 1.807) is 11.6 Å². The maximum atomic E-state index is 11.8. The third-order valence-electron chi connectivity index (χ3n) is 2.46. The topological polar surface area (TPSA) is 100 Å². The summed E-state index contributed by atoms with van der Waals surface area (Å²) in [4.78, 5) is 11.8. The van der Waals surface area contributed by atoms with E-state index in [0.29, 0.717) is 5.82 Å². The zero-order valence-electron chi connectivity index (χ0n) is 9.66. The summed E-state index contributed by atoms with van der Waals surface area (Å²) in [5.41, 5.74) is -0.153. The second kappa shape index (κ2) is 4.74. The summed E-state index contributed by atoms with van der Waals surface area (Å²) < 4.78 is 1.66. The summed E-state index contributed by atoms with van der Waals surface area (Å²) in [6.07, 6.45) is 1.51. The lowest BCUT2D eigenvalue weighted by molar-refractivity contribution is 0.0944. The van der Waals surface area contributed by atoms with Crippen LogP contribution in [-0.4, -0.2) is 30.9 Å². The van der Waals surface area contributed by atoms with Crippen LogP contribution in [0, 0.1) is 0 Å². The van der Waals surface area contributed by atoms with Gasteiger partial charge in [0, 0.05) is 7.05 Å². The Morgan fingerprint density at radius 2 is 2.06 bits per heavy atom.